The topological polar surface area (TPSA) is 96.0 Å². The highest BCUT2D eigenvalue weighted by Crippen LogP contribution is 2.29. The third kappa shape index (κ3) is 8.78. The summed E-state index contributed by atoms with van der Waals surface area (Å²) in [6.07, 6.45) is 0.284. The Labute approximate surface area is 274 Å². The maximum Gasteiger partial charge on any atom is 0.264 e. The van der Waals surface area contributed by atoms with Crippen molar-refractivity contribution < 1.29 is 22.7 Å². The molecule has 45 heavy (non-hydrogen) atoms. The van der Waals surface area contributed by atoms with Gasteiger partial charge >= 0.3 is 0 Å². The van der Waals surface area contributed by atoms with Gasteiger partial charge in [0.15, 0.2) is 0 Å². The number of nitrogens with one attached hydrogen (secondary N) is 1. The lowest BCUT2D eigenvalue weighted by atomic mass is 10.1. The van der Waals surface area contributed by atoms with Crippen molar-refractivity contribution >= 4 is 50.7 Å². The molecule has 8 nitrogen and oxygen atoms in total. The summed E-state index contributed by atoms with van der Waals surface area (Å²) in [4.78, 5) is 28.9. The van der Waals surface area contributed by atoms with Crippen molar-refractivity contribution in [3.63, 3.8) is 0 Å². The number of anilines is 1. The van der Waals surface area contributed by atoms with Crippen LogP contribution in [0.25, 0.3) is 0 Å². The molecule has 0 bridgehead atoms. The van der Waals surface area contributed by atoms with Gasteiger partial charge in [0.1, 0.15) is 24.1 Å². The molecule has 4 rings (SSSR count). The molecular formula is C34H35Cl2N3O5S. The van der Waals surface area contributed by atoms with E-state index in [0.717, 1.165) is 4.31 Å². The van der Waals surface area contributed by atoms with Gasteiger partial charge < -0.3 is 15.0 Å². The lowest BCUT2D eigenvalue weighted by Crippen LogP contribution is -2.53. The molecule has 1 atom stereocenters. The van der Waals surface area contributed by atoms with E-state index in [9.17, 15) is 18.0 Å². The minimum Gasteiger partial charge on any atom is -0.457 e. The second-order valence-corrected chi connectivity index (χ2v) is 13.3. The van der Waals surface area contributed by atoms with Gasteiger partial charge in [-0.3, -0.25) is 13.9 Å². The number of carbonyl (C=O) groups is 2. The van der Waals surface area contributed by atoms with Crippen LogP contribution < -0.4 is 14.4 Å². The van der Waals surface area contributed by atoms with E-state index in [0.29, 0.717) is 27.1 Å². The smallest absolute Gasteiger partial charge is 0.264 e. The summed E-state index contributed by atoms with van der Waals surface area (Å²) < 4.78 is 35.0. The van der Waals surface area contributed by atoms with Gasteiger partial charge in [0.25, 0.3) is 10.0 Å². The number of rotatable bonds is 13. The molecule has 0 spiro atoms. The van der Waals surface area contributed by atoms with Crippen molar-refractivity contribution in [1.82, 2.24) is 10.2 Å². The predicted octanol–water partition coefficient (Wildman–Crippen LogP) is 7.31. The van der Waals surface area contributed by atoms with E-state index >= 15 is 0 Å². The number of halogens is 2. The summed E-state index contributed by atoms with van der Waals surface area (Å²) in [6, 6.07) is 27.3. The first kappa shape index (κ1) is 33.8. The van der Waals surface area contributed by atoms with Crippen LogP contribution >= 0.6 is 23.2 Å². The maximum atomic E-state index is 14.2. The molecule has 0 aliphatic heterocycles. The number of carbonyl (C=O) groups excluding carboxylic acids is 2. The normalized spacial score (nSPS) is 12.0. The number of amides is 2. The summed E-state index contributed by atoms with van der Waals surface area (Å²) in [5.74, 6) is 0.168. The third-order valence-corrected chi connectivity index (χ3v) is 9.26. The van der Waals surface area contributed by atoms with Gasteiger partial charge in [0.05, 0.1) is 10.6 Å². The van der Waals surface area contributed by atoms with Crippen molar-refractivity contribution in [2.75, 3.05) is 10.8 Å². The molecular weight excluding hydrogens is 633 g/mol. The zero-order valence-electron chi connectivity index (χ0n) is 25.2. The molecule has 4 aromatic carbocycles. The van der Waals surface area contributed by atoms with E-state index in [2.05, 4.69) is 5.32 Å². The van der Waals surface area contributed by atoms with E-state index in [4.69, 9.17) is 27.9 Å². The summed E-state index contributed by atoms with van der Waals surface area (Å²) in [5.41, 5.74) is 0.807. The number of nitrogens with zero attached hydrogens (tertiary/aromatic N) is 2. The molecule has 4 aromatic rings. The van der Waals surface area contributed by atoms with E-state index in [1.165, 1.54) is 17.0 Å². The fraction of sp³-hybridized carbons (Fsp3) is 0.235. The van der Waals surface area contributed by atoms with Crippen LogP contribution in [0, 0.1) is 0 Å². The van der Waals surface area contributed by atoms with Crippen LogP contribution in [0.5, 0.6) is 11.5 Å². The molecule has 0 fully saturated rings. The Balaban J connectivity index is 1.73. The Morgan fingerprint density at radius 1 is 0.844 bits per heavy atom. The van der Waals surface area contributed by atoms with E-state index in [1.807, 2.05) is 32.0 Å². The zero-order valence-corrected chi connectivity index (χ0v) is 27.5. The molecule has 0 aliphatic carbocycles. The number of para-hydroxylation sites is 1. The van der Waals surface area contributed by atoms with Gasteiger partial charge in [-0.05, 0) is 86.5 Å². The first-order valence-corrected chi connectivity index (χ1v) is 16.6. The maximum absolute atomic E-state index is 14.2. The Kier molecular flexibility index (Phi) is 11.5. The van der Waals surface area contributed by atoms with Crippen LogP contribution in [0.15, 0.2) is 108 Å². The Hall–Kier alpha value is -4.05. The number of sulfonamides is 1. The number of hydrogen-bond donors (Lipinski definition) is 1. The van der Waals surface area contributed by atoms with Crippen LogP contribution in [-0.4, -0.2) is 43.8 Å². The zero-order chi connectivity index (χ0) is 32.6. The predicted molar refractivity (Wildman–Crippen MR) is 178 cm³/mol. The van der Waals surface area contributed by atoms with Gasteiger partial charge in [0, 0.05) is 22.6 Å². The first-order valence-electron chi connectivity index (χ1n) is 14.4. The Morgan fingerprint density at radius 2 is 1.44 bits per heavy atom. The molecule has 0 saturated carbocycles. The van der Waals surface area contributed by atoms with Crippen LogP contribution in [0.3, 0.4) is 0 Å². The second kappa shape index (κ2) is 15.3. The number of ether oxygens (including phenoxy) is 1. The van der Waals surface area contributed by atoms with Crippen LogP contribution in [-0.2, 0) is 26.2 Å². The van der Waals surface area contributed by atoms with E-state index in [1.54, 1.807) is 79.7 Å². The summed E-state index contributed by atoms with van der Waals surface area (Å²) in [5, 5.41) is 3.62. The monoisotopic (exact) mass is 667 g/mol. The summed E-state index contributed by atoms with van der Waals surface area (Å²) >= 11 is 12.6. The van der Waals surface area contributed by atoms with Gasteiger partial charge in [-0.2, -0.15) is 0 Å². The van der Waals surface area contributed by atoms with Crippen LogP contribution in [0.1, 0.15) is 32.8 Å². The minimum absolute atomic E-state index is 0.0132. The molecule has 236 valence electrons. The van der Waals surface area contributed by atoms with Gasteiger partial charge in [0.2, 0.25) is 11.8 Å². The fourth-order valence-corrected chi connectivity index (χ4v) is 6.59. The van der Waals surface area contributed by atoms with Crippen molar-refractivity contribution in [2.24, 2.45) is 0 Å². The quantitative estimate of drug-likeness (QED) is 0.161. The highest BCUT2D eigenvalue weighted by atomic mass is 35.5. The average Bonchev–Trinajstić information content (AvgIpc) is 3.01. The van der Waals surface area contributed by atoms with E-state index in [-0.39, 0.29) is 35.5 Å². The first-order chi connectivity index (χ1) is 21.5. The lowest BCUT2D eigenvalue weighted by Gasteiger charge is -2.33. The lowest BCUT2D eigenvalue weighted by molar-refractivity contribution is -0.140. The third-order valence-electron chi connectivity index (χ3n) is 6.89. The standard InChI is InChI=1S/C34H35Cl2N3O5S/c1-4-32(34(41)37-24(2)3)38(22-25-15-16-26(35)21-31(25)36)33(40)23-39(45(42,43)30-13-9-6-10-14-30)27-17-19-29(20-18-27)44-28-11-7-5-8-12-28/h5-21,24,32H,4,22-23H2,1-3H3,(H,37,41)/t32-/m0/s1. The van der Waals surface area contributed by atoms with Gasteiger partial charge in [-0.15, -0.1) is 0 Å². The molecule has 0 radical (unpaired) electrons. The Morgan fingerprint density at radius 3 is 2.02 bits per heavy atom. The molecule has 1 N–H and O–H groups in total. The van der Waals surface area contributed by atoms with Crippen LogP contribution in [0.2, 0.25) is 10.0 Å². The number of hydrogen-bond acceptors (Lipinski definition) is 5. The second-order valence-electron chi connectivity index (χ2n) is 10.6. The largest absolute Gasteiger partial charge is 0.457 e. The molecule has 0 aliphatic rings. The fourth-order valence-electron chi connectivity index (χ4n) is 4.69. The van der Waals surface area contributed by atoms with Crippen molar-refractivity contribution in [2.45, 2.75) is 50.7 Å². The molecule has 0 saturated heterocycles. The molecule has 2 amide bonds. The SMILES string of the molecule is CC[C@@H](C(=O)NC(C)C)N(Cc1ccc(Cl)cc1Cl)C(=O)CN(c1ccc(Oc2ccccc2)cc1)S(=O)(=O)c1ccccc1. The Bertz CT molecular complexity index is 1700. The summed E-state index contributed by atoms with van der Waals surface area (Å²) in [6.45, 7) is 4.82. The van der Waals surface area contributed by atoms with Gasteiger partial charge in [-0.25, -0.2) is 8.42 Å². The van der Waals surface area contributed by atoms with Crippen LogP contribution in [0.4, 0.5) is 5.69 Å². The molecule has 11 heteroatoms. The average molecular weight is 669 g/mol. The highest BCUT2D eigenvalue weighted by molar-refractivity contribution is 7.92. The van der Waals surface area contributed by atoms with Gasteiger partial charge in [-0.1, -0.05) is 72.6 Å². The van der Waals surface area contributed by atoms with Crippen molar-refractivity contribution in [1.29, 1.82) is 0 Å². The summed E-state index contributed by atoms with van der Waals surface area (Å²) in [7, 11) is -4.21. The molecule has 0 heterocycles. The van der Waals surface area contributed by atoms with Crippen molar-refractivity contribution in [3.05, 3.63) is 119 Å². The molecule has 0 unspecified atom stereocenters. The highest BCUT2D eigenvalue weighted by Gasteiger charge is 2.34. The minimum atomic E-state index is -4.21. The number of benzene rings is 4. The van der Waals surface area contributed by atoms with Crippen molar-refractivity contribution in [3.8, 4) is 11.5 Å². The molecule has 0 aromatic heterocycles. The van der Waals surface area contributed by atoms with E-state index < -0.39 is 28.5 Å².